The summed E-state index contributed by atoms with van der Waals surface area (Å²) in [6.07, 6.45) is 9.63. The molecule has 0 heterocycles. The van der Waals surface area contributed by atoms with Crippen LogP contribution in [-0.2, 0) is 0 Å². The molecule has 2 aromatic rings. The lowest BCUT2D eigenvalue weighted by Crippen LogP contribution is -2.23. The molecule has 0 N–H and O–H groups in total. The highest BCUT2D eigenvalue weighted by Crippen LogP contribution is 2.52. The first kappa shape index (κ1) is 21.2. The van der Waals surface area contributed by atoms with Crippen LogP contribution < -0.4 is 14.8 Å². The van der Waals surface area contributed by atoms with Crippen molar-refractivity contribution in [2.45, 2.75) is 70.1 Å². The average molecular weight is 399 g/mol. The number of methoxy groups -OCH3 is 2. The first-order valence-electron chi connectivity index (χ1n) is 10.8. The quantitative estimate of drug-likeness (QED) is 0.446. The van der Waals surface area contributed by atoms with E-state index in [1.54, 1.807) is 19.5 Å². The predicted octanol–water partition coefficient (Wildman–Crippen LogP) is 7.00. The van der Waals surface area contributed by atoms with Crippen LogP contribution in [0.2, 0.25) is 0 Å². The van der Waals surface area contributed by atoms with Crippen molar-refractivity contribution in [3.63, 3.8) is 0 Å². The lowest BCUT2D eigenvalue weighted by Gasteiger charge is -2.35. The van der Waals surface area contributed by atoms with E-state index in [1.807, 2.05) is 18.2 Å². The Morgan fingerprint density at radius 2 is 1.61 bits per heavy atom. The van der Waals surface area contributed by atoms with Crippen molar-refractivity contribution in [3.8, 4) is 22.6 Å². The van der Waals surface area contributed by atoms with Crippen LogP contribution in [0.25, 0.3) is 11.1 Å². The minimum atomic E-state index is -0.157. The van der Waals surface area contributed by atoms with Crippen molar-refractivity contribution in [1.82, 2.24) is 0 Å². The first-order chi connectivity index (χ1) is 13.7. The molecular weight excluding hydrogens is 363 g/mol. The van der Waals surface area contributed by atoms with Gasteiger partial charge in [0.05, 0.1) is 19.8 Å². The van der Waals surface area contributed by atoms with Crippen molar-refractivity contribution in [1.29, 1.82) is 0 Å². The van der Waals surface area contributed by atoms with Gasteiger partial charge in [0.2, 0.25) is 0 Å². The molecule has 152 valence electrons. The zero-order valence-electron chi connectivity index (χ0n) is 17.9. The van der Waals surface area contributed by atoms with Gasteiger partial charge in [-0.05, 0) is 59.6 Å². The van der Waals surface area contributed by atoms with Crippen molar-refractivity contribution in [2.24, 2.45) is 0 Å². The van der Waals surface area contributed by atoms with Crippen LogP contribution in [0.4, 0.5) is 0 Å². The second kappa shape index (κ2) is 10.3. The Hall–Kier alpha value is -1.53. The predicted molar refractivity (Wildman–Crippen MR) is 123 cm³/mol. The van der Waals surface area contributed by atoms with Crippen LogP contribution in [0.15, 0.2) is 42.5 Å². The molecule has 2 nitrogen and oxygen atoms in total. The third-order valence-corrected chi connectivity index (χ3v) is 9.40. The molecule has 1 saturated carbocycles. The van der Waals surface area contributed by atoms with E-state index >= 15 is 0 Å². The molecule has 0 bridgehead atoms. The number of hydrogen-bond donors (Lipinski definition) is 0. The highest BCUT2D eigenvalue weighted by molar-refractivity contribution is 7.67. The Morgan fingerprint density at radius 3 is 2.21 bits per heavy atom. The molecule has 2 aromatic carbocycles. The van der Waals surface area contributed by atoms with Gasteiger partial charge < -0.3 is 9.47 Å². The molecule has 0 radical (unpaired) electrons. The molecule has 0 aliphatic heterocycles. The van der Waals surface area contributed by atoms with E-state index in [2.05, 4.69) is 38.1 Å². The first-order valence-corrected chi connectivity index (χ1v) is 12.3. The molecule has 2 unspecified atom stereocenters. The molecule has 1 fully saturated rings. The van der Waals surface area contributed by atoms with Crippen LogP contribution in [0, 0.1) is 0 Å². The minimum Gasteiger partial charge on any atom is -0.496 e. The van der Waals surface area contributed by atoms with Gasteiger partial charge in [0.1, 0.15) is 11.5 Å². The normalized spacial score (nSPS) is 17.1. The Balaban J connectivity index is 2.03. The van der Waals surface area contributed by atoms with Gasteiger partial charge in [-0.15, -0.1) is 0 Å². The molecule has 28 heavy (non-hydrogen) atoms. The van der Waals surface area contributed by atoms with E-state index in [-0.39, 0.29) is 7.92 Å². The second-order valence-electron chi connectivity index (χ2n) is 7.92. The number of hydrogen-bond acceptors (Lipinski definition) is 2. The van der Waals surface area contributed by atoms with Crippen LogP contribution in [0.1, 0.15) is 58.8 Å². The summed E-state index contributed by atoms with van der Waals surface area (Å²) < 4.78 is 11.3. The van der Waals surface area contributed by atoms with Gasteiger partial charge in [0, 0.05) is 0 Å². The summed E-state index contributed by atoms with van der Waals surface area (Å²) in [5.74, 6) is 1.75. The molecule has 3 heteroatoms. The fourth-order valence-electron chi connectivity index (χ4n) is 4.70. The van der Waals surface area contributed by atoms with Crippen molar-refractivity contribution in [2.75, 3.05) is 14.2 Å². The number of benzene rings is 2. The van der Waals surface area contributed by atoms with Gasteiger partial charge in [0.15, 0.2) is 0 Å². The molecular formula is C25H35O2P. The van der Waals surface area contributed by atoms with Crippen molar-refractivity contribution < 1.29 is 9.47 Å². The maximum Gasteiger partial charge on any atom is 0.130 e. The van der Waals surface area contributed by atoms with Gasteiger partial charge in [-0.3, -0.25) is 0 Å². The standard InChI is InChI=1S/C25H35O2P/c1-5-11-19(2)28(21-13-7-6-8-14-21)22-15-9-12-20(18-22)25-23(26-3)16-10-17-24(25)27-4/h9-10,12,15-19,21H,5-8,11,13-14H2,1-4H3. The van der Waals surface area contributed by atoms with Crippen LogP contribution in [0.3, 0.4) is 0 Å². The molecule has 0 amide bonds. The summed E-state index contributed by atoms with van der Waals surface area (Å²) >= 11 is 0. The van der Waals surface area contributed by atoms with Gasteiger partial charge >= 0.3 is 0 Å². The van der Waals surface area contributed by atoms with Gasteiger partial charge in [-0.2, -0.15) is 0 Å². The molecule has 1 aliphatic rings. The lowest BCUT2D eigenvalue weighted by molar-refractivity contribution is 0.397. The monoisotopic (exact) mass is 398 g/mol. The highest BCUT2D eigenvalue weighted by atomic mass is 31.1. The van der Waals surface area contributed by atoms with E-state index in [0.717, 1.165) is 28.4 Å². The van der Waals surface area contributed by atoms with E-state index in [9.17, 15) is 0 Å². The van der Waals surface area contributed by atoms with E-state index in [0.29, 0.717) is 0 Å². The molecule has 1 aliphatic carbocycles. The van der Waals surface area contributed by atoms with E-state index < -0.39 is 0 Å². The van der Waals surface area contributed by atoms with Crippen molar-refractivity contribution in [3.05, 3.63) is 42.5 Å². The largest absolute Gasteiger partial charge is 0.496 e. The Morgan fingerprint density at radius 1 is 0.964 bits per heavy atom. The number of rotatable bonds is 8. The van der Waals surface area contributed by atoms with E-state index in [4.69, 9.17) is 9.47 Å². The van der Waals surface area contributed by atoms with Gasteiger partial charge in [-0.1, -0.05) is 71.7 Å². The Bertz CT molecular complexity index is 730. The van der Waals surface area contributed by atoms with Crippen LogP contribution in [-0.4, -0.2) is 25.5 Å². The van der Waals surface area contributed by atoms with Crippen molar-refractivity contribution >= 4 is 13.2 Å². The second-order valence-corrected chi connectivity index (χ2v) is 10.9. The zero-order chi connectivity index (χ0) is 19.9. The highest BCUT2D eigenvalue weighted by Gasteiger charge is 2.29. The summed E-state index contributed by atoms with van der Waals surface area (Å²) in [5, 5.41) is 1.55. The molecule has 0 aromatic heterocycles. The maximum absolute atomic E-state index is 5.67. The maximum atomic E-state index is 5.67. The molecule has 0 spiro atoms. The summed E-state index contributed by atoms with van der Waals surface area (Å²) in [6, 6.07) is 15.3. The van der Waals surface area contributed by atoms with Crippen LogP contribution >= 0.6 is 7.92 Å². The summed E-state index contributed by atoms with van der Waals surface area (Å²) in [6.45, 7) is 4.81. The van der Waals surface area contributed by atoms with Gasteiger partial charge in [0.25, 0.3) is 0 Å². The zero-order valence-corrected chi connectivity index (χ0v) is 18.8. The fraction of sp³-hybridized carbons (Fsp3) is 0.520. The average Bonchev–Trinajstić information content (AvgIpc) is 2.74. The summed E-state index contributed by atoms with van der Waals surface area (Å²) in [4.78, 5) is 0. The SMILES string of the molecule is CCCC(C)P(c1cccc(-c2c(OC)cccc2OC)c1)C1CCCCC1. The Kier molecular flexibility index (Phi) is 7.80. The topological polar surface area (TPSA) is 18.5 Å². The third kappa shape index (κ3) is 4.71. The smallest absolute Gasteiger partial charge is 0.130 e. The molecule has 0 saturated heterocycles. The number of ether oxygens (including phenoxy) is 2. The summed E-state index contributed by atoms with van der Waals surface area (Å²) in [7, 11) is 3.32. The fourth-order valence-corrected chi connectivity index (χ4v) is 8.35. The molecule has 3 rings (SSSR count). The van der Waals surface area contributed by atoms with E-state index in [1.165, 1.54) is 50.5 Å². The van der Waals surface area contributed by atoms with Gasteiger partial charge in [-0.25, -0.2) is 0 Å². The lowest BCUT2D eigenvalue weighted by atomic mass is 10.0. The minimum absolute atomic E-state index is 0.157. The third-order valence-electron chi connectivity index (χ3n) is 6.01. The Labute approximate surface area is 172 Å². The summed E-state index contributed by atoms with van der Waals surface area (Å²) in [5.41, 5.74) is 3.92. The van der Waals surface area contributed by atoms with Crippen LogP contribution in [0.5, 0.6) is 11.5 Å². The molecule has 2 atom stereocenters.